The van der Waals surface area contributed by atoms with E-state index >= 15 is 0 Å². The normalized spacial score (nSPS) is 40.4. The van der Waals surface area contributed by atoms with Gasteiger partial charge in [-0.05, 0) is 48.8 Å². The molecule has 0 N–H and O–H groups in total. The van der Waals surface area contributed by atoms with E-state index in [1.54, 1.807) is 0 Å². The van der Waals surface area contributed by atoms with Gasteiger partial charge in [0, 0.05) is 16.9 Å². The lowest BCUT2D eigenvalue weighted by atomic mass is 9.41. The summed E-state index contributed by atoms with van der Waals surface area (Å²) in [6.45, 7) is 7.03. The molecule has 4 aliphatic rings. The Balaban J connectivity index is 1.69. The van der Waals surface area contributed by atoms with Gasteiger partial charge in [0.25, 0.3) is 0 Å². The van der Waals surface area contributed by atoms with Gasteiger partial charge in [-0.1, -0.05) is 42.7 Å². The van der Waals surface area contributed by atoms with Gasteiger partial charge >= 0.3 is 0 Å². The Morgan fingerprint density at radius 1 is 1.15 bits per heavy atom. The molecule has 1 aromatic carbocycles. The highest BCUT2D eigenvalue weighted by molar-refractivity contribution is 6.30. The molecule has 0 amide bonds. The van der Waals surface area contributed by atoms with Crippen molar-refractivity contribution in [2.45, 2.75) is 39.2 Å². The molecule has 0 radical (unpaired) electrons. The van der Waals surface area contributed by atoms with Crippen LogP contribution in [0.3, 0.4) is 0 Å². The average molecular weight is 290 g/mol. The molecule has 5 rings (SSSR count). The predicted molar refractivity (Wildman–Crippen MR) is 81.0 cm³/mol. The zero-order valence-electron chi connectivity index (χ0n) is 12.2. The lowest BCUT2D eigenvalue weighted by Crippen LogP contribution is -2.64. The Labute approximate surface area is 125 Å². The Morgan fingerprint density at radius 2 is 1.85 bits per heavy atom. The van der Waals surface area contributed by atoms with Crippen LogP contribution in [-0.4, -0.2) is 11.3 Å². The van der Waals surface area contributed by atoms with Crippen molar-refractivity contribution in [1.82, 2.24) is 0 Å². The maximum atomic E-state index is 5.98. The molecule has 0 aromatic heterocycles. The first-order valence-electron chi connectivity index (χ1n) is 7.45. The highest BCUT2D eigenvalue weighted by Gasteiger charge is 2.67. The van der Waals surface area contributed by atoms with Gasteiger partial charge in [-0.25, -0.2) is 0 Å². The van der Waals surface area contributed by atoms with Gasteiger partial charge in [0.05, 0.1) is 5.71 Å². The molecule has 20 heavy (non-hydrogen) atoms. The molecule has 106 valence electrons. The van der Waals surface area contributed by atoms with Crippen molar-refractivity contribution in [3.63, 3.8) is 0 Å². The van der Waals surface area contributed by atoms with Crippen LogP contribution in [0.25, 0.3) is 0 Å². The molecule has 2 bridgehead atoms. The van der Waals surface area contributed by atoms with E-state index in [1.165, 1.54) is 12.8 Å². The van der Waals surface area contributed by atoms with Crippen LogP contribution in [0.4, 0.5) is 0 Å². The summed E-state index contributed by atoms with van der Waals surface area (Å²) >= 11 is 5.98. The predicted octanol–water partition coefficient (Wildman–Crippen LogP) is 4.52. The van der Waals surface area contributed by atoms with Crippen LogP contribution in [0.15, 0.2) is 29.4 Å². The number of benzene rings is 1. The monoisotopic (exact) mass is 289 g/mol. The molecular formula is C17H20ClNO. The lowest BCUT2D eigenvalue weighted by Gasteiger charge is -2.63. The van der Waals surface area contributed by atoms with Gasteiger partial charge in [0.1, 0.15) is 5.60 Å². The topological polar surface area (TPSA) is 21.6 Å². The summed E-state index contributed by atoms with van der Waals surface area (Å²) in [6.07, 6.45) is 2.49. The van der Waals surface area contributed by atoms with Crippen molar-refractivity contribution in [2.75, 3.05) is 0 Å². The summed E-state index contributed by atoms with van der Waals surface area (Å²) < 4.78 is 0. The Hall–Kier alpha value is -1.02. The van der Waals surface area contributed by atoms with Gasteiger partial charge in [-0.3, -0.25) is 0 Å². The number of halogens is 1. The maximum absolute atomic E-state index is 5.98. The second-order valence-electron chi connectivity index (χ2n) is 7.35. The van der Waals surface area contributed by atoms with Crippen molar-refractivity contribution in [1.29, 1.82) is 0 Å². The molecule has 1 heterocycles. The molecular weight excluding hydrogens is 270 g/mol. The van der Waals surface area contributed by atoms with E-state index in [0.29, 0.717) is 17.3 Å². The number of nitrogens with zero attached hydrogens (tertiary/aromatic N) is 1. The lowest BCUT2D eigenvalue weighted by molar-refractivity contribution is -0.220. The fourth-order valence-corrected chi connectivity index (χ4v) is 4.87. The molecule has 2 nitrogen and oxygen atoms in total. The molecule has 3 saturated carbocycles. The van der Waals surface area contributed by atoms with E-state index in [0.717, 1.165) is 22.2 Å². The minimum atomic E-state index is -0.118. The first-order valence-corrected chi connectivity index (χ1v) is 7.82. The maximum Gasteiger partial charge on any atom is 0.146 e. The van der Waals surface area contributed by atoms with Crippen molar-refractivity contribution >= 4 is 17.3 Å². The van der Waals surface area contributed by atoms with Gasteiger partial charge in [-0.2, -0.15) is 0 Å². The SMILES string of the molecule is CC12ON=C(c3ccc(Cl)cc3)C1C[C@H]1C[C@@H]2C1(C)C. The highest BCUT2D eigenvalue weighted by Crippen LogP contribution is 2.67. The van der Waals surface area contributed by atoms with Crippen LogP contribution < -0.4 is 0 Å². The van der Waals surface area contributed by atoms with Crippen molar-refractivity contribution in [2.24, 2.45) is 28.3 Å². The molecule has 4 atom stereocenters. The van der Waals surface area contributed by atoms with Gasteiger partial charge in [0.15, 0.2) is 0 Å². The smallest absolute Gasteiger partial charge is 0.146 e. The standard InChI is InChI=1S/C17H20ClNO/c1-16(2)11-8-13-15(10-4-6-12(18)7-5-10)19-20-17(13,3)14(16)9-11/h4-7,11,13-14H,8-9H2,1-3H3/t11-,13?,14+,17?/m0/s1. The summed E-state index contributed by atoms with van der Waals surface area (Å²) in [5.74, 6) is 1.86. The quantitative estimate of drug-likeness (QED) is 0.745. The molecule has 2 unspecified atom stereocenters. The molecule has 0 saturated heterocycles. The minimum Gasteiger partial charge on any atom is -0.388 e. The largest absolute Gasteiger partial charge is 0.388 e. The summed E-state index contributed by atoms with van der Waals surface area (Å²) in [7, 11) is 0. The first-order chi connectivity index (χ1) is 9.43. The van der Waals surface area contributed by atoms with E-state index in [2.05, 4.69) is 38.1 Å². The highest BCUT2D eigenvalue weighted by atomic mass is 35.5. The van der Waals surface area contributed by atoms with Crippen LogP contribution >= 0.6 is 11.6 Å². The second-order valence-corrected chi connectivity index (χ2v) is 7.79. The Bertz CT molecular complexity index is 592. The summed E-state index contributed by atoms with van der Waals surface area (Å²) in [5.41, 5.74) is 2.56. The number of hydrogen-bond acceptors (Lipinski definition) is 2. The molecule has 1 aliphatic heterocycles. The third-order valence-corrected chi connectivity index (χ3v) is 6.44. The third kappa shape index (κ3) is 1.43. The fraction of sp³-hybridized carbons (Fsp3) is 0.588. The van der Waals surface area contributed by atoms with Crippen molar-refractivity contribution in [3.8, 4) is 0 Å². The Morgan fingerprint density at radius 3 is 2.50 bits per heavy atom. The molecule has 1 aromatic rings. The fourth-order valence-electron chi connectivity index (χ4n) is 4.75. The van der Waals surface area contributed by atoms with Crippen LogP contribution in [0, 0.1) is 23.2 Å². The molecule has 3 fully saturated rings. The van der Waals surface area contributed by atoms with Crippen LogP contribution in [0.1, 0.15) is 39.2 Å². The van der Waals surface area contributed by atoms with E-state index < -0.39 is 0 Å². The average Bonchev–Trinajstić information content (AvgIpc) is 2.76. The number of rotatable bonds is 1. The van der Waals surface area contributed by atoms with Crippen LogP contribution in [-0.2, 0) is 4.84 Å². The minimum absolute atomic E-state index is 0.118. The van der Waals surface area contributed by atoms with Crippen LogP contribution in [0.5, 0.6) is 0 Å². The summed E-state index contributed by atoms with van der Waals surface area (Å²) in [4.78, 5) is 5.98. The van der Waals surface area contributed by atoms with Gasteiger partial charge < -0.3 is 4.84 Å². The molecule has 3 heteroatoms. The summed E-state index contributed by atoms with van der Waals surface area (Å²) in [5, 5.41) is 5.24. The van der Waals surface area contributed by atoms with Crippen LogP contribution in [0.2, 0.25) is 5.02 Å². The molecule has 0 spiro atoms. The first kappa shape index (κ1) is 12.7. The zero-order valence-corrected chi connectivity index (χ0v) is 12.9. The van der Waals surface area contributed by atoms with Crippen molar-refractivity contribution < 1.29 is 4.84 Å². The van der Waals surface area contributed by atoms with Crippen molar-refractivity contribution in [3.05, 3.63) is 34.9 Å². The third-order valence-electron chi connectivity index (χ3n) is 6.19. The van der Waals surface area contributed by atoms with Gasteiger partial charge in [-0.15, -0.1) is 0 Å². The Kier molecular flexibility index (Phi) is 2.41. The number of oxime groups is 1. The second kappa shape index (κ2) is 3.79. The zero-order chi connectivity index (χ0) is 14.1. The van der Waals surface area contributed by atoms with Gasteiger partial charge in [0.2, 0.25) is 0 Å². The van der Waals surface area contributed by atoms with E-state index in [4.69, 9.17) is 16.4 Å². The van der Waals surface area contributed by atoms with E-state index in [9.17, 15) is 0 Å². The van der Waals surface area contributed by atoms with E-state index in [1.807, 2.05) is 12.1 Å². The number of hydrogen-bond donors (Lipinski definition) is 0. The molecule has 3 aliphatic carbocycles. The van der Waals surface area contributed by atoms with E-state index in [-0.39, 0.29) is 5.60 Å². The summed E-state index contributed by atoms with van der Waals surface area (Å²) in [6, 6.07) is 7.98.